The first-order chi connectivity index (χ1) is 8.68. The van der Waals surface area contributed by atoms with Crippen LogP contribution in [0.3, 0.4) is 0 Å². The van der Waals surface area contributed by atoms with Crippen molar-refractivity contribution in [1.82, 2.24) is 5.32 Å². The van der Waals surface area contributed by atoms with Crippen LogP contribution in [0.15, 0.2) is 16.8 Å². The first-order valence-electron chi connectivity index (χ1n) is 6.20. The van der Waals surface area contributed by atoms with Crippen molar-refractivity contribution in [2.45, 2.75) is 25.7 Å². The molecule has 5 heteroatoms. The first-order valence-corrected chi connectivity index (χ1v) is 7.14. The van der Waals surface area contributed by atoms with Crippen LogP contribution in [0.4, 0.5) is 0 Å². The Morgan fingerprint density at radius 2 is 2.17 bits per heavy atom. The lowest BCUT2D eigenvalue weighted by Gasteiger charge is -2.15. The monoisotopic (exact) mass is 267 g/mol. The molecule has 1 aliphatic rings. The molecule has 98 valence electrons. The zero-order valence-corrected chi connectivity index (χ0v) is 10.9. The Balaban J connectivity index is 1.79. The average Bonchev–Trinajstić information content (AvgIpc) is 2.99. The summed E-state index contributed by atoms with van der Waals surface area (Å²) in [5.41, 5.74) is 1.21. The third-order valence-corrected chi connectivity index (χ3v) is 4.19. The van der Waals surface area contributed by atoms with Crippen molar-refractivity contribution in [2.75, 3.05) is 6.54 Å². The van der Waals surface area contributed by atoms with Gasteiger partial charge >= 0.3 is 5.97 Å². The fourth-order valence-electron chi connectivity index (χ4n) is 2.47. The highest BCUT2D eigenvalue weighted by Gasteiger charge is 2.37. The van der Waals surface area contributed by atoms with Crippen LogP contribution in [0.2, 0.25) is 0 Å². The fourth-order valence-corrected chi connectivity index (χ4v) is 3.17. The summed E-state index contributed by atoms with van der Waals surface area (Å²) in [4.78, 5) is 22.9. The molecule has 1 aliphatic carbocycles. The molecule has 0 radical (unpaired) electrons. The van der Waals surface area contributed by atoms with E-state index in [-0.39, 0.29) is 11.8 Å². The summed E-state index contributed by atoms with van der Waals surface area (Å²) >= 11 is 1.64. The van der Waals surface area contributed by atoms with Crippen LogP contribution in [0, 0.1) is 11.8 Å². The highest BCUT2D eigenvalue weighted by atomic mass is 32.1. The minimum absolute atomic E-state index is 0.102. The second-order valence-corrected chi connectivity index (χ2v) is 5.43. The van der Waals surface area contributed by atoms with E-state index in [1.165, 1.54) is 5.56 Å². The number of carboxylic acids is 1. The van der Waals surface area contributed by atoms with E-state index in [2.05, 4.69) is 10.7 Å². The maximum absolute atomic E-state index is 11.9. The second kappa shape index (κ2) is 6.00. The Morgan fingerprint density at radius 1 is 1.39 bits per heavy atom. The summed E-state index contributed by atoms with van der Waals surface area (Å²) < 4.78 is 0. The van der Waals surface area contributed by atoms with Gasteiger partial charge in [0.05, 0.1) is 11.8 Å². The Labute approximate surface area is 110 Å². The summed E-state index contributed by atoms with van der Waals surface area (Å²) in [6.45, 7) is 0.582. The van der Waals surface area contributed by atoms with E-state index in [9.17, 15) is 9.59 Å². The molecular weight excluding hydrogens is 250 g/mol. The van der Waals surface area contributed by atoms with E-state index < -0.39 is 11.9 Å². The molecule has 1 amide bonds. The number of thiophene rings is 1. The summed E-state index contributed by atoms with van der Waals surface area (Å²) in [6, 6.07) is 2.03. The third-order valence-electron chi connectivity index (χ3n) is 3.46. The Bertz CT molecular complexity index is 416. The SMILES string of the molecule is O=C(O)[C@H]1CCC[C@H]1C(=O)NCCc1ccsc1. The number of rotatable bonds is 5. The zero-order valence-electron chi connectivity index (χ0n) is 10.1. The van der Waals surface area contributed by atoms with E-state index in [0.29, 0.717) is 19.4 Å². The van der Waals surface area contributed by atoms with Crippen molar-refractivity contribution in [3.63, 3.8) is 0 Å². The van der Waals surface area contributed by atoms with Crippen LogP contribution >= 0.6 is 11.3 Å². The molecule has 2 N–H and O–H groups in total. The van der Waals surface area contributed by atoms with Gasteiger partial charge in [0, 0.05) is 6.54 Å². The van der Waals surface area contributed by atoms with Crippen molar-refractivity contribution in [3.8, 4) is 0 Å². The largest absolute Gasteiger partial charge is 0.481 e. The van der Waals surface area contributed by atoms with Gasteiger partial charge in [-0.25, -0.2) is 0 Å². The van der Waals surface area contributed by atoms with E-state index in [4.69, 9.17) is 5.11 Å². The molecule has 18 heavy (non-hydrogen) atoms. The third kappa shape index (κ3) is 3.10. The second-order valence-electron chi connectivity index (χ2n) is 4.65. The Morgan fingerprint density at radius 3 is 2.83 bits per heavy atom. The molecule has 0 unspecified atom stereocenters. The standard InChI is InChI=1S/C13H17NO3S/c15-12(10-2-1-3-11(10)13(16)17)14-6-4-9-5-7-18-8-9/h5,7-8,10-11H,1-4,6H2,(H,14,15)(H,16,17)/t10-,11+/m1/s1. The molecule has 1 heterocycles. The molecule has 2 atom stereocenters. The van der Waals surface area contributed by atoms with Crippen LogP contribution in [0.5, 0.6) is 0 Å². The summed E-state index contributed by atoms with van der Waals surface area (Å²) in [7, 11) is 0. The number of carbonyl (C=O) groups excluding carboxylic acids is 1. The summed E-state index contributed by atoms with van der Waals surface area (Å²) in [5, 5.41) is 15.9. The van der Waals surface area contributed by atoms with Gasteiger partial charge in [0.15, 0.2) is 0 Å². The molecule has 1 saturated carbocycles. The summed E-state index contributed by atoms with van der Waals surface area (Å²) in [6.07, 6.45) is 2.96. The number of hydrogen-bond acceptors (Lipinski definition) is 3. The first kappa shape index (κ1) is 13.1. The van der Waals surface area contributed by atoms with E-state index in [1.54, 1.807) is 11.3 Å². The lowest BCUT2D eigenvalue weighted by molar-refractivity contribution is -0.146. The number of aliphatic carboxylic acids is 1. The smallest absolute Gasteiger partial charge is 0.307 e. The molecule has 2 rings (SSSR count). The highest BCUT2D eigenvalue weighted by Crippen LogP contribution is 2.31. The number of amides is 1. The van der Waals surface area contributed by atoms with Crippen molar-refractivity contribution in [3.05, 3.63) is 22.4 Å². The van der Waals surface area contributed by atoms with Gasteiger partial charge in [0.2, 0.25) is 5.91 Å². The average molecular weight is 267 g/mol. The molecule has 1 aromatic rings. The van der Waals surface area contributed by atoms with Crippen LogP contribution in [0.1, 0.15) is 24.8 Å². The maximum Gasteiger partial charge on any atom is 0.307 e. The molecule has 0 bridgehead atoms. The topological polar surface area (TPSA) is 66.4 Å². The number of nitrogens with one attached hydrogen (secondary N) is 1. The maximum atomic E-state index is 11.9. The quantitative estimate of drug-likeness (QED) is 0.856. The molecule has 1 aromatic heterocycles. The van der Waals surface area contributed by atoms with Gasteiger partial charge in [-0.15, -0.1) is 0 Å². The van der Waals surface area contributed by atoms with Crippen LogP contribution in [0.25, 0.3) is 0 Å². The number of hydrogen-bond donors (Lipinski definition) is 2. The zero-order chi connectivity index (χ0) is 13.0. The molecule has 0 aliphatic heterocycles. The lowest BCUT2D eigenvalue weighted by atomic mass is 9.95. The van der Waals surface area contributed by atoms with Gasteiger partial charge in [-0.1, -0.05) is 6.42 Å². The van der Waals surface area contributed by atoms with Gasteiger partial charge in [-0.05, 0) is 41.7 Å². The van der Waals surface area contributed by atoms with Crippen LogP contribution < -0.4 is 5.32 Å². The predicted molar refractivity (Wildman–Crippen MR) is 69.5 cm³/mol. The molecule has 0 spiro atoms. The Kier molecular flexibility index (Phi) is 4.36. The van der Waals surface area contributed by atoms with Gasteiger partial charge < -0.3 is 10.4 Å². The van der Waals surface area contributed by atoms with Crippen LogP contribution in [-0.4, -0.2) is 23.5 Å². The lowest BCUT2D eigenvalue weighted by Crippen LogP contribution is -2.36. The van der Waals surface area contributed by atoms with Gasteiger partial charge in [-0.3, -0.25) is 9.59 Å². The Hall–Kier alpha value is -1.36. The highest BCUT2D eigenvalue weighted by molar-refractivity contribution is 7.07. The fraction of sp³-hybridized carbons (Fsp3) is 0.538. The van der Waals surface area contributed by atoms with Gasteiger partial charge in [0.25, 0.3) is 0 Å². The summed E-state index contributed by atoms with van der Waals surface area (Å²) in [5.74, 6) is -1.78. The van der Waals surface area contributed by atoms with E-state index in [0.717, 1.165) is 12.8 Å². The van der Waals surface area contributed by atoms with Crippen molar-refractivity contribution < 1.29 is 14.7 Å². The van der Waals surface area contributed by atoms with Crippen molar-refractivity contribution >= 4 is 23.2 Å². The van der Waals surface area contributed by atoms with Gasteiger partial charge in [0.1, 0.15) is 0 Å². The van der Waals surface area contributed by atoms with Crippen LogP contribution in [-0.2, 0) is 16.0 Å². The number of carboxylic acid groups (broad SMARTS) is 1. The minimum atomic E-state index is -0.842. The van der Waals surface area contributed by atoms with E-state index in [1.807, 2.05) is 11.4 Å². The normalized spacial score (nSPS) is 22.9. The molecule has 4 nitrogen and oxygen atoms in total. The molecule has 1 fully saturated rings. The van der Waals surface area contributed by atoms with Crippen molar-refractivity contribution in [1.29, 1.82) is 0 Å². The molecule has 0 aromatic carbocycles. The van der Waals surface area contributed by atoms with E-state index >= 15 is 0 Å². The van der Waals surface area contributed by atoms with Gasteiger partial charge in [-0.2, -0.15) is 11.3 Å². The molecule has 0 saturated heterocycles. The van der Waals surface area contributed by atoms with Crippen molar-refractivity contribution in [2.24, 2.45) is 11.8 Å². The number of carbonyl (C=O) groups is 2. The minimum Gasteiger partial charge on any atom is -0.481 e. The molecular formula is C13H17NO3S. The predicted octanol–water partition coefficient (Wildman–Crippen LogP) is 1.91.